The largest absolute Gasteiger partial charge is 0.380 e. The molecule has 0 aromatic rings. The number of ether oxygens (including phenoxy) is 1. The van der Waals surface area contributed by atoms with Crippen LogP contribution < -0.4 is 16.6 Å². The van der Waals surface area contributed by atoms with E-state index in [9.17, 15) is 0 Å². The average molecular weight is 230 g/mol. The number of hydrogen-bond donors (Lipinski definition) is 3. The molecule has 16 heavy (non-hydrogen) atoms. The van der Waals surface area contributed by atoms with Crippen LogP contribution in [0.15, 0.2) is 4.99 Å². The van der Waals surface area contributed by atoms with Crippen molar-refractivity contribution in [3.05, 3.63) is 0 Å². The van der Waals surface area contributed by atoms with Crippen LogP contribution in [0.25, 0.3) is 0 Å². The Bertz CT molecular complexity index is 173. The quantitative estimate of drug-likeness (QED) is 0.182. The molecule has 0 aliphatic rings. The summed E-state index contributed by atoms with van der Waals surface area (Å²) in [6.07, 6.45) is 4.51. The van der Waals surface area contributed by atoms with Crippen LogP contribution in [0, 0.1) is 0 Å². The van der Waals surface area contributed by atoms with Gasteiger partial charge < -0.3 is 10.1 Å². The zero-order valence-electron chi connectivity index (χ0n) is 10.6. The predicted molar refractivity (Wildman–Crippen MR) is 68.3 cm³/mol. The van der Waals surface area contributed by atoms with Gasteiger partial charge in [-0.15, -0.1) is 0 Å². The number of unbranched alkanes of at least 4 members (excludes halogenated alkanes) is 2. The molecule has 0 aliphatic heterocycles. The molecule has 0 rings (SSSR count). The Hall–Kier alpha value is -0.810. The van der Waals surface area contributed by atoms with Crippen LogP contribution >= 0.6 is 0 Å². The van der Waals surface area contributed by atoms with Crippen LogP contribution in [0.2, 0.25) is 0 Å². The van der Waals surface area contributed by atoms with Gasteiger partial charge in [0.1, 0.15) is 0 Å². The molecule has 0 fully saturated rings. The van der Waals surface area contributed by atoms with E-state index < -0.39 is 0 Å². The van der Waals surface area contributed by atoms with Crippen molar-refractivity contribution in [3.8, 4) is 0 Å². The second-order valence-electron chi connectivity index (χ2n) is 3.62. The van der Waals surface area contributed by atoms with Crippen LogP contribution in [-0.2, 0) is 4.74 Å². The summed E-state index contributed by atoms with van der Waals surface area (Å²) in [6, 6.07) is 0. The van der Waals surface area contributed by atoms with Gasteiger partial charge in [-0.05, 0) is 12.8 Å². The molecule has 96 valence electrons. The van der Waals surface area contributed by atoms with Crippen molar-refractivity contribution < 1.29 is 4.74 Å². The van der Waals surface area contributed by atoms with Gasteiger partial charge in [0.25, 0.3) is 0 Å². The van der Waals surface area contributed by atoms with Crippen molar-refractivity contribution in [1.82, 2.24) is 10.7 Å². The zero-order valence-corrected chi connectivity index (χ0v) is 10.6. The van der Waals surface area contributed by atoms with Crippen molar-refractivity contribution in [1.29, 1.82) is 0 Å². The molecule has 0 amide bonds. The molecule has 0 radical (unpaired) electrons. The lowest BCUT2D eigenvalue weighted by molar-refractivity contribution is 0.136. The highest BCUT2D eigenvalue weighted by atomic mass is 16.5. The van der Waals surface area contributed by atoms with E-state index in [-0.39, 0.29) is 0 Å². The number of hydrogen-bond acceptors (Lipinski definition) is 3. The summed E-state index contributed by atoms with van der Waals surface area (Å²) in [5, 5.41) is 3.09. The molecular formula is C11H26N4O. The minimum absolute atomic E-state index is 0.646. The van der Waals surface area contributed by atoms with Crippen molar-refractivity contribution in [3.63, 3.8) is 0 Å². The molecule has 5 heteroatoms. The number of rotatable bonds is 9. The number of aliphatic imine (C=N–C) groups is 1. The molecule has 0 bridgehead atoms. The summed E-state index contributed by atoms with van der Waals surface area (Å²) < 4.78 is 5.41. The molecule has 0 atom stereocenters. The minimum Gasteiger partial charge on any atom is -0.380 e. The lowest BCUT2D eigenvalue weighted by atomic mass is 10.3. The zero-order chi connectivity index (χ0) is 12.1. The fourth-order valence-electron chi connectivity index (χ4n) is 1.09. The van der Waals surface area contributed by atoms with Crippen molar-refractivity contribution in [2.24, 2.45) is 10.8 Å². The molecule has 0 saturated carbocycles. The van der Waals surface area contributed by atoms with Crippen LogP contribution in [0.3, 0.4) is 0 Å². The Balaban J connectivity index is 3.43. The fourth-order valence-corrected chi connectivity index (χ4v) is 1.09. The summed E-state index contributed by atoms with van der Waals surface area (Å²) in [4.78, 5) is 4.28. The smallest absolute Gasteiger partial charge is 0.205 e. The predicted octanol–water partition coefficient (Wildman–Crippen LogP) is 1.01. The molecule has 0 aromatic heterocycles. The molecule has 0 spiro atoms. The third-order valence-electron chi connectivity index (χ3n) is 2.10. The number of nitrogens with zero attached hydrogens (tertiary/aromatic N) is 1. The third kappa shape index (κ3) is 9.73. The first-order chi connectivity index (χ1) is 7.85. The molecule has 0 unspecified atom stereocenters. The molecule has 4 N–H and O–H groups in total. The van der Waals surface area contributed by atoms with Crippen LogP contribution in [0.1, 0.15) is 39.5 Å². The SMILES string of the molecule is CCCCN=C(NN)NCCOCCCC. The summed E-state index contributed by atoms with van der Waals surface area (Å²) in [6.45, 7) is 7.35. The van der Waals surface area contributed by atoms with Crippen molar-refractivity contribution >= 4 is 5.96 Å². The Labute approximate surface area is 98.8 Å². The van der Waals surface area contributed by atoms with E-state index in [1.807, 2.05) is 0 Å². The van der Waals surface area contributed by atoms with Crippen molar-refractivity contribution in [2.45, 2.75) is 39.5 Å². The summed E-state index contributed by atoms with van der Waals surface area (Å²) in [5.74, 6) is 5.98. The van der Waals surface area contributed by atoms with Gasteiger partial charge in [-0.2, -0.15) is 0 Å². The highest BCUT2D eigenvalue weighted by Crippen LogP contribution is 1.87. The maximum Gasteiger partial charge on any atom is 0.205 e. The summed E-state index contributed by atoms with van der Waals surface area (Å²) in [7, 11) is 0. The van der Waals surface area contributed by atoms with E-state index in [1.165, 1.54) is 6.42 Å². The summed E-state index contributed by atoms with van der Waals surface area (Å²) >= 11 is 0. The molecule has 0 heterocycles. The lowest BCUT2D eigenvalue weighted by Crippen LogP contribution is -2.43. The van der Waals surface area contributed by atoms with Gasteiger partial charge >= 0.3 is 0 Å². The minimum atomic E-state index is 0.646. The maximum absolute atomic E-state index is 5.41. The first kappa shape index (κ1) is 15.2. The first-order valence-corrected chi connectivity index (χ1v) is 6.17. The van der Waals surface area contributed by atoms with Gasteiger partial charge in [0.05, 0.1) is 6.61 Å². The topological polar surface area (TPSA) is 71.7 Å². The second-order valence-corrected chi connectivity index (χ2v) is 3.62. The molecule has 0 saturated heterocycles. The average Bonchev–Trinajstić information content (AvgIpc) is 2.31. The Morgan fingerprint density at radius 1 is 1.19 bits per heavy atom. The van der Waals surface area contributed by atoms with Crippen molar-refractivity contribution in [2.75, 3.05) is 26.3 Å². The third-order valence-corrected chi connectivity index (χ3v) is 2.10. The van der Waals surface area contributed by atoms with E-state index in [4.69, 9.17) is 10.6 Å². The lowest BCUT2D eigenvalue weighted by Gasteiger charge is -2.09. The number of nitrogens with two attached hydrogens (primary N) is 1. The second kappa shape index (κ2) is 12.3. The van der Waals surface area contributed by atoms with Gasteiger partial charge in [0, 0.05) is 19.7 Å². The van der Waals surface area contributed by atoms with Gasteiger partial charge in [0.2, 0.25) is 5.96 Å². The maximum atomic E-state index is 5.41. The van der Waals surface area contributed by atoms with Crippen LogP contribution in [0.5, 0.6) is 0 Å². The first-order valence-electron chi connectivity index (χ1n) is 6.17. The highest BCUT2D eigenvalue weighted by molar-refractivity contribution is 5.79. The van der Waals surface area contributed by atoms with E-state index in [0.717, 1.165) is 39.0 Å². The van der Waals surface area contributed by atoms with Gasteiger partial charge in [-0.25, -0.2) is 5.84 Å². The van der Waals surface area contributed by atoms with Gasteiger partial charge in [-0.3, -0.25) is 10.4 Å². The number of guanidine groups is 1. The van der Waals surface area contributed by atoms with E-state index in [1.54, 1.807) is 0 Å². The summed E-state index contributed by atoms with van der Waals surface area (Å²) in [5.41, 5.74) is 2.55. The molecule has 5 nitrogen and oxygen atoms in total. The van der Waals surface area contributed by atoms with E-state index in [2.05, 4.69) is 29.6 Å². The molecule has 0 aliphatic carbocycles. The van der Waals surface area contributed by atoms with Crippen LogP contribution in [0.4, 0.5) is 0 Å². The van der Waals surface area contributed by atoms with Gasteiger partial charge in [0.15, 0.2) is 0 Å². The Morgan fingerprint density at radius 2 is 1.94 bits per heavy atom. The molecule has 0 aromatic carbocycles. The number of nitrogens with one attached hydrogen (secondary N) is 2. The van der Waals surface area contributed by atoms with E-state index >= 15 is 0 Å². The van der Waals surface area contributed by atoms with Gasteiger partial charge in [-0.1, -0.05) is 26.7 Å². The normalized spacial score (nSPS) is 11.6. The molecular weight excluding hydrogens is 204 g/mol. The standard InChI is InChI=1S/C11H26N4O/c1-3-5-7-13-11(15-12)14-8-10-16-9-6-4-2/h3-10,12H2,1-2H3,(H2,13,14,15). The Kier molecular flexibility index (Phi) is 11.6. The monoisotopic (exact) mass is 230 g/mol. The highest BCUT2D eigenvalue weighted by Gasteiger charge is 1.94. The fraction of sp³-hybridized carbons (Fsp3) is 0.909. The Morgan fingerprint density at radius 3 is 2.56 bits per heavy atom. The number of hydrazine groups is 1. The van der Waals surface area contributed by atoms with Crippen LogP contribution in [-0.4, -0.2) is 32.3 Å². The van der Waals surface area contributed by atoms with E-state index in [0.29, 0.717) is 12.6 Å².